The highest BCUT2D eigenvalue weighted by atomic mass is 32.2. The van der Waals surface area contributed by atoms with Gasteiger partial charge in [-0.25, -0.2) is 8.78 Å². The van der Waals surface area contributed by atoms with Gasteiger partial charge in [0, 0.05) is 6.42 Å². The fraction of sp³-hybridized carbons (Fsp3) is 0.900. The predicted molar refractivity (Wildman–Crippen MR) is 60.3 cm³/mol. The van der Waals surface area contributed by atoms with E-state index in [1.165, 1.54) is 6.21 Å². The Hall–Kier alpha value is -0.200. The zero-order valence-corrected chi connectivity index (χ0v) is 10.5. The van der Waals surface area contributed by atoms with Gasteiger partial charge in [0.25, 0.3) is 5.92 Å². The highest BCUT2D eigenvalue weighted by Crippen LogP contribution is 2.27. The van der Waals surface area contributed by atoms with E-state index in [1.54, 1.807) is 20.8 Å². The van der Waals surface area contributed by atoms with Crippen molar-refractivity contribution in [2.45, 2.75) is 50.4 Å². The van der Waals surface area contributed by atoms with Crippen LogP contribution in [0, 0.1) is 0 Å². The van der Waals surface area contributed by atoms with Crippen LogP contribution in [0.2, 0.25) is 0 Å². The quantitative estimate of drug-likeness (QED) is 0.560. The average molecular weight is 253 g/mol. The Kier molecular flexibility index (Phi) is 4.31. The van der Waals surface area contributed by atoms with E-state index in [1.807, 2.05) is 0 Å². The molecule has 0 bridgehead atoms. The number of ether oxygens (including phenoxy) is 1. The molecule has 1 aliphatic heterocycles. The molecule has 6 heteroatoms. The van der Waals surface area contributed by atoms with E-state index in [4.69, 9.17) is 4.74 Å². The first-order valence-corrected chi connectivity index (χ1v) is 6.27. The van der Waals surface area contributed by atoms with E-state index < -0.39 is 34.7 Å². The smallest absolute Gasteiger partial charge is 0.271 e. The Labute approximate surface area is 97.6 Å². The van der Waals surface area contributed by atoms with Crippen LogP contribution in [0.15, 0.2) is 4.40 Å². The lowest BCUT2D eigenvalue weighted by Gasteiger charge is -2.26. The Bertz CT molecular complexity index is 256. The zero-order valence-electron chi connectivity index (χ0n) is 9.70. The SMILES string of the molecule is CC(C)(C)[S+]([O-])N=CC1CCC(F)(F)CO1. The molecule has 3 nitrogen and oxygen atoms in total. The predicted octanol–water partition coefficient (Wildman–Crippen LogP) is 2.33. The summed E-state index contributed by atoms with van der Waals surface area (Å²) in [6.07, 6.45) is 0.964. The third-order valence-electron chi connectivity index (χ3n) is 2.15. The lowest BCUT2D eigenvalue weighted by atomic mass is 10.1. The second kappa shape index (κ2) is 4.98. The monoisotopic (exact) mass is 253 g/mol. The van der Waals surface area contributed by atoms with Crippen LogP contribution in [-0.4, -0.2) is 34.1 Å². The van der Waals surface area contributed by atoms with Crippen LogP contribution in [0.4, 0.5) is 8.78 Å². The summed E-state index contributed by atoms with van der Waals surface area (Å²) in [5, 5.41) is 0. The van der Waals surface area contributed by atoms with E-state index in [2.05, 4.69) is 4.40 Å². The molecule has 1 saturated heterocycles. The van der Waals surface area contributed by atoms with Gasteiger partial charge in [-0.1, -0.05) is 4.40 Å². The number of halogens is 2. The maximum absolute atomic E-state index is 12.7. The summed E-state index contributed by atoms with van der Waals surface area (Å²) in [6, 6.07) is 0. The molecule has 0 amide bonds. The normalized spacial score (nSPS) is 28.2. The molecule has 0 aromatic rings. The van der Waals surface area contributed by atoms with Crippen molar-refractivity contribution in [3.05, 3.63) is 0 Å². The maximum atomic E-state index is 12.7. The molecule has 16 heavy (non-hydrogen) atoms. The number of hydrogen-bond acceptors (Lipinski definition) is 3. The van der Waals surface area contributed by atoms with Crippen molar-refractivity contribution in [2.24, 2.45) is 4.40 Å². The average Bonchev–Trinajstić information content (AvgIpc) is 2.14. The summed E-state index contributed by atoms with van der Waals surface area (Å²) in [6.45, 7) is 4.83. The third kappa shape index (κ3) is 4.35. The summed E-state index contributed by atoms with van der Waals surface area (Å²) >= 11 is -1.36. The zero-order chi connectivity index (χ0) is 12.4. The number of rotatable bonds is 2. The van der Waals surface area contributed by atoms with Gasteiger partial charge in [-0.2, -0.15) is 0 Å². The standard InChI is InChI=1S/C10H17F2NO2S/c1-9(2,3)16(14)13-6-8-4-5-10(11,12)7-15-8/h6,8H,4-5,7H2,1-3H3. The summed E-state index contributed by atoms with van der Waals surface area (Å²) in [7, 11) is 0. The van der Waals surface area contributed by atoms with Gasteiger partial charge in [0.15, 0.2) is 0 Å². The van der Waals surface area contributed by atoms with Gasteiger partial charge in [0.05, 0.1) is 12.3 Å². The minimum Gasteiger partial charge on any atom is -0.591 e. The summed E-state index contributed by atoms with van der Waals surface area (Å²) in [5.41, 5.74) is 0. The first kappa shape index (κ1) is 13.9. The number of alkyl halides is 2. The fourth-order valence-corrected chi connectivity index (χ4v) is 1.70. The molecule has 0 aliphatic carbocycles. The molecule has 0 spiro atoms. The van der Waals surface area contributed by atoms with Crippen LogP contribution in [0.1, 0.15) is 33.6 Å². The summed E-state index contributed by atoms with van der Waals surface area (Å²) < 4.78 is 45.3. The van der Waals surface area contributed by atoms with E-state index in [-0.39, 0.29) is 12.8 Å². The Balaban J connectivity index is 2.42. The first-order chi connectivity index (χ1) is 7.21. The highest BCUT2D eigenvalue weighted by Gasteiger charge is 2.36. The molecule has 0 radical (unpaired) electrons. The van der Waals surface area contributed by atoms with Gasteiger partial charge in [-0.3, -0.25) is 0 Å². The molecule has 1 rings (SSSR count). The molecule has 1 heterocycles. The molecule has 2 atom stereocenters. The van der Waals surface area contributed by atoms with Crippen molar-refractivity contribution in [1.82, 2.24) is 0 Å². The van der Waals surface area contributed by atoms with Gasteiger partial charge in [-0.05, 0) is 27.2 Å². The molecule has 0 aromatic heterocycles. The summed E-state index contributed by atoms with van der Waals surface area (Å²) in [5.74, 6) is -2.73. The van der Waals surface area contributed by atoms with Crippen molar-refractivity contribution in [1.29, 1.82) is 0 Å². The molecule has 2 unspecified atom stereocenters. The second-order valence-electron chi connectivity index (χ2n) is 4.86. The largest absolute Gasteiger partial charge is 0.591 e. The van der Waals surface area contributed by atoms with Crippen LogP contribution >= 0.6 is 0 Å². The van der Waals surface area contributed by atoms with E-state index >= 15 is 0 Å². The molecule has 0 aromatic carbocycles. The van der Waals surface area contributed by atoms with Crippen molar-refractivity contribution >= 4 is 17.6 Å². The maximum Gasteiger partial charge on any atom is 0.271 e. The number of hydrogen-bond donors (Lipinski definition) is 0. The van der Waals surface area contributed by atoms with E-state index in [9.17, 15) is 13.3 Å². The number of nitrogens with zero attached hydrogens (tertiary/aromatic N) is 1. The molecular formula is C10H17F2NO2S. The summed E-state index contributed by atoms with van der Waals surface area (Å²) in [4.78, 5) is 0. The van der Waals surface area contributed by atoms with Gasteiger partial charge in [0.1, 0.15) is 22.7 Å². The van der Waals surface area contributed by atoms with Gasteiger partial charge in [0.2, 0.25) is 0 Å². The van der Waals surface area contributed by atoms with Crippen molar-refractivity contribution in [3.63, 3.8) is 0 Å². The fourth-order valence-electron chi connectivity index (χ4n) is 1.14. The van der Waals surface area contributed by atoms with Gasteiger partial charge < -0.3 is 9.29 Å². The van der Waals surface area contributed by atoms with E-state index in [0.29, 0.717) is 0 Å². The van der Waals surface area contributed by atoms with Crippen molar-refractivity contribution < 1.29 is 18.1 Å². The van der Waals surface area contributed by atoms with Crippen LogP contribution in [0.3, 0.4) is 0 Å². The Morgan fingerprint density at radius 1 is 1.50 bits per heavy atom. The topological polar surface area (TPSA) is 44.7 Å². The molecule has 1 aliphatic rings. The van der Waals surface area contributed by atoms with Crippen LogP contribution in [-0.2, 0) is 16.1 Å². The minimum absolute atomic E-state index is 0.203. The molecule has 1 fully saturated rings. The Morgan fingerprint density at radius 2 is 2.12 bits per heavy atom. The van der Waals surface area contributed by atoms with Gasteiger partial charge in [-0.15, -0.1) is 0 Å². The molecular weight excluding hydrogens is 236 g/mol. The molecule has 94 valence electrons. The van der Waals surface area contributed by atoms with Crippen LogP contribution in [0.5, 0.6) is 0 Å². The van der Waals surface area contributed by atoms with Crippen LogP contribution < -0.4 is 0 Å². The van der Waals surface area contributed by atoms with E-state index in [0.717, 1.165) is 0 Å². The van der Waals surface area contributed by atoms with Crippen molar-refractivity contribution in [3.8, 4) is 0 Å². The lowest BCUT2D eigenvalue weighted by molar-refractivity contribution is -0.126. The van der Waals surface area contributed by atoms with Gasteiger partial charge >= 0.3 is 0 Å². The van der Waals surface area contributed by atoms with Crippen molar-refractivity contribution in [2.75, 3.05) is 6.61 Å². The third-order valence-corrected chi connectivity index (χ3v) is 3.51. The van der Waals surface area contributed by atoms with Crippen LogP contribution in [0.25, 0.3) is 0 Å². The minimum atomic E-state index is -2.73. The Morgan fingerprint density at radius 3 is 2.56 bits per heavy atom. The highest BCUT2D eigenvalue weighted by molar-refractivity contribution is 7.91. The second-order valence-corrected chi connectivity index (χ2v) is 6.79. The molecule has 0 saturated carbocycles. The first-order valence-electron chi connectivity index (χ1n) is 5.16. The molecule has 0 N–H and O–H groups in total. The lowest BCUT2D eigenvalue weighted by Crippen LogP contribution is -2.35.